The van der Waals surface area contributed by atoms with E-state index in [0.717, 1.165) is 0 Å². The van der Waals surface area contributed by atoms with E-state index in [-0.39, 0.29) is 24.4 Å². The Morgan fingerprint density at radius 3 is 2.55 bits per heavy atom. The summed E-state index contributed by atoms with van der Waals surface area (Å²) < 4.78 is 41.2. The van der Waals surface area contributed by atoms with Crippen LogP contribution in [0.2, 0.25) is 0 Å². The summed E-state index contributed by atoms with van der Waals surface area (Å²) in [6, 6.07) is 4.54. The van der Waals surface area contributed by atoms with Crippen LogP contribution in [0, 0.1) is 0 Å². The normalized spacial score (nSPS) is 11.7. The highest BCUT2D eigenvalue weighted by molar-refractivity contribution is 5.91. The van der Waals surface area contributed by atoms with Crippen LogP contribution in [0.3, 0.4) is 0 Å². The first-order valence-corrected chi connectivity index (χ1v) is 5.88. The molecule has 1 rings (SSSR count). The van der Waals surface area contributed by atoms with E-state index in [2.05, 4.69) is 0 Å². The highest BCUT2D eigenvalue weighted by Crippen LogP contribution is 2.22. The lowest BCUT2D eigenvalue weighted by atomic mass is 10.1. The van der Waals surface area contributed by atoms with Crippen molar-refractivity contribution in [1.82, 2.24) is 4.90 Å². The Morgan fingerprint density at radius 1 is 1.40 bits per heavy atom. The van der Waals surface area contributed by atoms with E-state index in [1.165, 1.54) is 24.1 Å². The van der Waals surface area contributed by atoms with Gasteiger partial charge in [-0.3, -0.25) is 0 Å². The summed E-state index contributed by atoms with van der Waals surface area (Å²) in [5.41, 5.74) is 0.613. The zero-order valence-electron chi connectivity index (χ0n) is 11.2. The first-order chi connectivity index (χ1) is 9.23. The number of hydrogen-bond acceptors (Lipinski definition) is 3. The van der Waals surface area contributed by atoms with E-state index >= 15 is 0 Å². The van der Waals surface area contributed by atoms with E-state index < -0.39 is 18.6 Å². The molecule has 0 radical (unpaired) electrons. The fraction of sp³-hybridized carbons (Fsp3) is 0.462. The van der Waals surface area contributed by atoms with Gasteiger partial charge in [-0.2, -0.15) is 13.2 Å². The molecule has 0 saturated carbocycles. The Labute approximate surface area is 114 Å². The number of methoxy groups -OCH3 is 1. The molecule has 1 aromatic carbocycles. The van der Waals surface area contributed by atoms with Crippen LogP contribution in [-0.4, -0.2) is 42.9 Å². The van der Waals surface area contributed by atoms with Gasteiger partial charge in [0.25, 0.3) is 0 Å². The number of benzene rings is 1. The molecule has 0 saturated heterocycles. The molecule has 0 unspecified atom stereocenters. The Morgan fingerprint density at radius 2 is 2.05 bits per heavy atom. The predicted molar refractivity (Wildman–Crippen MR) is 67.0 cm³/mol. The van der Waals surface area contributed by atoms with Crippen LogP contribution in [0.1, 0.15) is 22.3 Å². The number of ether oxygens (including phenoxy) is 1. The SMILES string of the molecule is COc1ccc(CN(C)CCC(F)(F)F)cc1C(=O)O. The molecule has 0 aliphatic heterocycles. The van der Waals surface area contributed by atoms with Gasteiger partial charge in [0.1, 0.15) is 11.3 Å². The quantitative estimate of drug-likeness (QED) is 0.875. The lowest BCUT2D eigenvalue weighted by molar-refractivity contribution is -0.137. The van der Waals surface area contributed by atoms with E-state index in [0.29, 0.717) is 5.56 Å². The second-order valence-corrected chi connectivity index (χ2v) is 4.44. The average molecular weight is 291 g/mol. The standard InChI is InChI=1S/C13H16F3NO3/c1-17(6-5-13(14,15)16)8-9-3-4-11(20-2)10(7-9)12(18)19/h3-4,7H,5-6,8H2,1-2H3,(H,18,19). The van der Waals surface area contributed by atoms with Gasteiger partial charge < -0.3 is 14.7 Å². The van der Waals surface area contributed by atoms with Crippen LogP contribution in [0.25, 0.3) is 0 Å². The molecular formula is C13H16F3NO3. The molecule has 0 atom stereocenters. The molecule has 1 N–H and O–H groups in total. The van der Waals surface area contributed by atoms with Crippen molar-refractivity contribution in [3.05, 3.63) is 29.3 Å². The molecule has 4 nitrogen and oxygen atoms in total. The van der Waals surface area contributed by atoms with Gasteiger partial charge >= 0.3 is 12.1 Å². The van der Waals surface area contributed by atoms with Crippen LogP contribution in [-0.2, 0) is 6.54 Å². The molecule has 112 valence electrons. The topological polar surface area (TPSA) is 49.8 Å². The van der Waals surface area contributed by atoms with Crippen LogP contribution in [0.15, 0.2) is 18.2 Å². The number of halogens is 3. The number of rotatable bonds is 6. The number of carboxylic acids is 1. The Bertz CT molecular complexity index is 474. The van der Waals surface area contributed by atoms with Crippen molar-refractivity contribution in [2.24, 2.45) is 0 Å². The van der Waals surface area contributed by atoms with Crippen molar-refractivity contribution in [2.45, 2.75) is 19.1 Å². The van der Waals surface area contributed by atoms with Crippen LogP contribution in [0.4, 0.5) is 13.2 Å². The number of nitrogens with zero attached hydrogens (tertiary/aromatic N) is 1. The molecule has 0 aliphatic carbocycles. The van der Waals surface area contributed by atoms with Gasteiger partial charge in [0.05, 0.1) is 13.5 Å². The lowest BCUT2D eigenvalue weighted by Crippen LogP contribution is -2.24. The van der Waals surface area contributed by atoms with Crippen LogP contribution < -0.4 is 4.74 Å². The summed E-state index contributed by atoms with van der Waals surface area (Å²) in [5, 5.41) is 9.02. The first-order valence-electron chi connectivity index (χ1n) is 5.88. The van der Waals surface area contributed by atoms with Crippen molar-refractivity contribution >= 4 is 5.97 Å². The molecule has 0 spiro atoms. The molecule has 0 aromatic heterocycles. The van der Waals surface area contributed by atoms with Gasteiger partial charge in [0, 0.05) is 13.1 Å². The highest BCUT2D eigenvalue weighted by atomic mass is 19.4. The lowest BCUT2D eigenvalue weighted by Gasteiger charge is -2.18. The summed E-state index contributed by atoms with van der Waals surface area (Å²) in [4.78, 5) is 12.5. The van der Waals surface area contributed by atoms with Gasteiger partial charge in [-0.15, -0.1) is 0 Å². The zero-order valence-corrected chi connectivity index (χ0v) is 11.2. The van der Waals surface area contributed by atoms with Crippen molar-refractivity contribution in [2.75, 3.05) is 20.7 Å². The second-order valence-electron chi connectivity index (χ2n) is 4.44. The largest absolute Gasteiger partial charge is 0.496 e. The smallest absolute Gasteiger partial charge is 0.390 e. The number of hydrogen-bond donors (Lipinski definition) is 1. The van der Waals surface area contributed by atoms with Gasteiger partial charge in [0.2, 0.25) is 0 Å². The maximum absolute atomic E-state index is 12.1. The summed E-state index contributed by atoms with van der Waals surface area (Å²) in [5.74, 6) is -0.916. The Hall–Kier alpha value is -1.76. The average Bonchev–Trinajstić information content (AvgIpc) is 2.35. The van der Waals surface area contributed by atoms with Crippen molar-refractivity contribution in [3.63, 3.8) is 0 Å². The van der Waals surface area contributed by atoms with E-state index in [1.807, 2.05) is 0 Å². The Balaban J connectivity index is 2.73. The molecule has 20 heavy (non-hydrogen) atoms. The summed E-state index contributed by atoms with van der Waals surface area (Å²) in [7, 11) is 2.91. The fourth-order valence-corrected chi connectivity index (χ4v) is 1.73. The van der Waals surface area contributed by atoms with Crippen molar-refractivity contribution in [3.8, 4) is 5.75 Å². The van der Waals surface area contributed by atoms with Crippen LogP contribution in [0.5, 0.6) is 5.75 Å². The number of carbonyl (C=O) groups is 1. The molecule has 0 amide bonds. The fourth-order valence-electron chi connectivity index (χ4n) is 1.73. The summed E-state index contributed by atoms with van der Waals surface area (Å²) in [6.45, 7) is 0.0955. The Kier molecular flexibility index (Phi) is 5.38. The van der Waals surface area contributed by atoms with Gasteiger partial charge in [-0.1, -0.05) is 6.07 Å². The maximum Gasteiger partial charge on any atom is 0.390 e. The molecule has 0 fully saturated rings. The zero-order chi connectivity index (χ0) is 15.3. The minimum absolute atomic E-state index is 0.00535. The molecule has 7 heteroatoms. The van der Waals surface area contributed by atoms with Crippen LogP contribution >= 0.6 is 0 Å². The van der Waals surface area contributed by atoms with E-state index in [1.54, 1.807) is 13.1 Å². The van der Waals surface area contributed by atoms with Crippen molar-refractivity contribution in [1.29, 1.82) is 0 Å². The van der Waals surface area contributed by atoms with Crippen molar-refractivity contribution < 1.29 is 27.8 Å². The molecule has 1 aromatic rings. The number of carboxylic acid groups (broad SMARTS) is 1. The third-order valence-electron chi connectivity index (χ3n) is 2.72. The van der Waals surface area contributed by atoms with Gasteiger partial charge in [-0.25, -0.2) is 4.79 Å². The third kappa shape index (κ3) is 5.08. The van der Waals surface area contributed by atoms with Gasteiger partial charge in [0.15, 0.2) is 0 Å². The van der Waals surface area contributed by atoms with E-state index in [4.69, 9.17) is 9.84 Å². The molecular weight excluding hydrogens is 275 g/mol. The highest BCUT2D eigenvalue weighted by Gasteiger charge is 2.27. The minimum Gasteiger partial charge on any atom is -0.496 e. The summed E-state index contributed by atoms with van der Waals surface area (Å²) in [6.07, 6.45) is -5.09. The van der Waals surface area contributed by atoms with Gasteiger partial charge in [-0.05, 0) is 24.7 Å². The minimum atomic E-state index is -4.19. The molecule has 0 aliphatic rings. The first kappa shape index (κ1) is 16.3. The monoisotopic (exact) mass is 291 g/mol. The maximum atomic E-state index is 12.1. The number of aromatic carboxylic acids is 1. The second kappa shape index (κ2) is 6.60. The molecule has 0 bridgehead atoms. The summed E-state index contributed by atoms with van der Waals surface area (Å²) >= 11 is 0. The predicted octanol–water partition coefficient (Wildman–Crippen LogP) is 2.78. The third-order valence-corrected chi connectivity index (χ3v) is 2.72. The van der Waals surface area contributed by atoms with E-state index in [9.17, 15) is 18.0 Å². The number of alkyl halides is 3. The molecule has 0 heterocycles.